The summed E-state index contributed by atoms with van der Waals surface area (Å²) >= 11 is 0. The summed E-state index contributed by atoms with van der Waals surface area (Å²) < 4.78 is 5.22. The number of hydrogen-bond acceptors (Lipinski definition) is 3. The van der Waals surface area contributed by atoms with Gasteiger partial charge in [-0.25, -0.2) is 0 Å². The first-order valence-electron chi connectivity index (χ1n) is 6.19. The minimum atomic E-state index is 0.212. The van der Waals surface area contributed by atoms with Crippen molar-refractivity contribution in [2.24, 2.45) is 11.7 Å². The Morgan fingerprint density at radius 3 is 2.59 bits per heavy atom. The first kappa shape index (κ1) is 14.2. The van der Waals surface area contributed by atoms with Gasteiger partial charge in [-0.1, -0.05) is 38.1 Å². The molecule has 0 aliphatic rings. The van der Waals surface area contributed by atoms with Gasteiger partial charge in [-0.3, -0.25) is 0 Å². The van der Waals surface area contributed by atoms with E-state index in [9.17, 15) is 0 Å². The first-order valence-corrected chi connectivity index (χ1v) is 6.19. The van der Waals surface area contributed by atoms with Crippen LogP contribution in [-0.2, 0) is 11.3 Å². The van der Waals surface area contributed by atoms with Crippen molar-refractivity contribution in [3.05, 3.63) is 35.4 Å². The van der Waals surface area contributed by atoms with Gasteiger partial charge in [-0.05, 0) is 23.6 Å². The van der Waals surface area contributed by atoms with Gasteiger partial charge in [-0.2, -0.15) is 0 Å². The largest absolute Gasteiger partial charge is 0.380 e. The normalized spacial score (nSPS) is 13.0. The van der Waals surface area contributed by atoms with E-state index in [0.29, 0.717) is 19.1 Å². The van der Waals surface area contributed by atoms with Crippen molar-refractivity contribution in [1.29, 1.82) is 0 Å². The third-order valence-electron chi connectivity index (χ3n) is 2.74. The van der Waals surface area contributed by atoms with Crippen molar-refractivity contribution in [3.63, 3.8) is 0 Å². The van der Waals surface area contributed by atoms with Crippen LogP contribution in [0.15, 0.2) is 24.3 Å². The summed E-state index contributed by atoms with van der Waals surface area (Å²) in [5.41, 5.74) is 8.31. The molecule has 3 nitrogen and oxygen atoms in total. The molecule has 0 aliphatic heterocycles. The van der Waals surface area contributed by atoms with Crippen LogP contribution in [-0.4, -0.2) is 20.2 Å². The van der Waals surface area contributed by atoms with E-state index in [4.69, 9.17) is 10.5 Å². The second-order valence-corrected chi connectivity index (χ2v) is 4.72. The molecule has 3 heteroatoms. The van der Waals surface area contributed by atoms with Crippen LogP contribution >= 0.6 is 0 Å². The summed E-state index contributed by atoms with van der Waals surface area (Å²) in [6, 6.07) is 8.52. The van der Waals surface area contributed by atoms with Crippen LogP contribution in [0.25, 0.3) is 0 Å². The van der Waals surface area contributed by atoms with Gasteiger partial charge in [-0.15, -0.1) is 0 Å². The van der Waals surface area contributed by atoms with E-state index in [1.165, 1.54) is 11.1 Å². The lowest BCUT2D eigenvalue weighted by Gasteiger charge is -2.21. The van der Waals surface area contributed by atoms with Crippen LogP contribution in [0.3, 0.4) is 0 Å². The lowest BCUT2D eigenvalue weighted by Crippen LogP contribution is -2.31. The minimum absolute atomic E-state index is 0.212. The molecule has 0 saturated heterocycles. The predicted molar refractivity (Wildman–Crippen MR) is 71.8 cm³/mol. The van der Waals surface area contributed by atoms with Crippen molar-refractivity contribution < 1.29 is 4.74 Å². The molecular weight excluding hydrogens is 212 g/mol. The highest BCUT2D eigenvalue weighted by atomic mass is 16.5. The standard InChI is InChI=1S/C14H24N2O/c1-11(2)9-16-14(8-15)13-7-5-4-6-12(13)10-17-3/h4-7,11,14,16H,8-10,15H2,1-3H3. The number of rotatable bonds is 7. The molecular formula is C14H24N2O. The van der Waals surface area contributed by atoms with Gasteiger partial charge >= 0.3 is 0 Å². The van der Waals surface area contributed by atoms with Crippen molar-refractivity contribution in [3.8, 4) is 0 Å². The Bertz CT molecular complexity index is 326. The van der Waals surface area contributed by atoms with Gasteiger partial charge < -0.3 is 15.8 Å². The highest BCUT2D eigenvalue weighted by Crippen LogP contribution is 2.18. The molecule has 0 spiro atoms. The summed E-state index contributed by atoms with van der Waals surface area (Å²) in [5, 5.41) is 3.50. The molecule has 17 heavy (non-hydrogen) atoms. The third-order valence-corrected chi connectivity index (χ3v) is 2.74. The number of benzene rings is 1. The van der Waals surface area contributed by atoms with Gasteiger partial charge in [0.1, 0.15) is 0 Å². The monoisotopic (exact) mass is 236 g/mol. The molecule has 1 aromatic rings. The van der Waals surface area contributed by atoms with E-state index in [1.54, 1.807) is 7.11 Å². The van der Waals surface area contributed by atoms with E-state index < -0.39 is 0 Å². The molecule has 0 fully saturated rings. The van der Waals surface area contributed by atoms with Gasteiger partial charge in [0.25, 0.3) is 0 Å². The number of nitrogens with one attached hydrogen (secondary N) is 1. The molecule has 1 atom stereocenters. The van der Waals surface area contributed by atoms with Crippen LogP contribution < -0.4 is 11.1 Å². The van der Waals surface area contributed by atoms with Crippen molar-refractivity contribution >= 4 is 0 Å². The molecule has 1 unspecified atom stereocenters. The average molecular weight is 236 g/mol. The average Bonchev–Trinajstić information content (AvgIpc) is 2.32. The first-order chi connectivity index (χ1) is 8.19. The van der Waals surface area contributed by atoms with Crippen molar-refractivity contribution in [1.82, 2.24) is 5.32 Å². The fraction of sp³-hybridized carbons (Fsp3) is 0.571. The van der Waals surface area contributed by atoms with E-state index >= 15 is 0 Å². The second-order valence-electron chi connectivity index (χ2n) is 4.72. The number of hydrogen-bond donors (Lipinski definition) is 2. The zero-order valence-electron chi connectivity index (χ0n) is 11.1. The topological polar surface area (TPSA) is 47.3 Å². The van der Waals surface area contributed by atoms with Gasteiger partial charge in [0.2, 0.25) is 0 Å². The van der Waals surface area contributed by atoms with Gasteiger partial charge in [0.05, 0.1) is 6.61 Å². The molecule has 0 amide bonds. The molecule has 1 rings (SSSR count). The van der Waals surface area contributed by atoms with Crippen LogP contribution in [0, 0.1) is 5.92 Å². The number of methoxy groups -OCH3 is 1. The summed E-state index contributed by atoms with van der Waals surface area (Å²) in [6.07, 6.45) is 0. The van der Waals surface area contributed by atoms with Crippen LogP contribution in [0.1, 0.15) is 31.0 Å². The van der Waals surface area contributed by atoms with Gasteiger partial charge in [0.15, 0.2) is 0 Å². The smallest absolute Gasteiger partial charge is 0.0716 e. The van der Waals surface area contributed by atoms with Crippen LogP contribution in [0.4, 0.5) is 0 Å². The Labute approximate surface area is 104 Å². The Kier molecular flexibility index (Phi) is 6.19. The minimum Gasteiger partial charge on any atom is -0.380 e. The van der Waals surface area contributed by atoms with Crippen molar-refractivity contribution in [2.75, 3.05) is 20.2 Å². The summed E-state index contributed by atoms with van der Waals surface area (Å²) in [6.45, 7) is 6.61. The third kappa shape index (κ3) is 4.46. The highest BCUT2D eigenvalue weighted by Gasteiger charge is 2.13. The Hall–Kier alpha value is -0.900. The second kappa shape index (κ2) is 7.43. The Morgan fingerprint density at radius 2 is 2.00 bits per heavy atom. The Balaban J connectivity index is 2.79. The molecule has 0 aromatic heterocycles. The van der Waals surface area contributed by atoms with E-state index in [0.717, 1.165) is 6.54 Å². The fourth-order valence-electron chi connectivity index (χ4n) is 1.86. The Morgan fingerprint density at radius 1 is 1.29 bits per heavy atom. The zero-order valence-corrected chi connectivity index (χ0v) is 11.1. The fourth-order valence-corrected chi connectivity index (χ4v) is 1.86. The number of nitrogens with two attached hydrogens (primary N) is 1. The predicted octanol–water partition coefficient (Wildman–Crippen LogP) is 2.08. The van der Waals surface area contributed by atoms with E-state index in [-0.39, 0.29) is 6.04 Å². The zero-order chi connectivity index (χ0) is 12.7. The molecule has 1 aromatic carbocycles. The quantitative estimate of drug-likeness (QED) is 0.762. The molecule has 0 aliphatic carbocycles. The molecule has 0 bridgehead atoms. The lowest BCUT2D eigenvalue weighted by atomic mass is 10.00. The number of ether oxygens (including phenoxy) is 1. The lowest BCUT2D eigenvalue weighted by molar-refractivity contribution is 0.183. The molecule has 0 radical (unpaired) electrons. The maximum Gasteiger partial charge on any atom is 0.0716 e. The maximum absolute atomic E-state index is 5.85. The van der Waals surface area contributed by atoms with Crippen molar-refractivity contribution in [2.45, 2.75) is 26.5 Å². The molecule has 0 saturated carbocycles. The van der Waals surface area contributed by atoms with Crippen LogP contribution in [0.5, 0.6) is 0 Å². The van der Waals surface area contributed by atoms with E-state index in [1.807, 2.05) is 12.1 Å². The summed E-state index contributed by atoms with van der Waals surface area (Å²) in [7, 11) is 1.72. The highest BCUT2D eigenvalue weighted by molar-refractivity contribution is 5.29. The maximum atomic E-state index is 5.85. The van der Waals surface area contributed by atoms with Gasteiger partial charge in [0, 0.05) is 19.7 Å². The SMILES string of the molecule is COCc1ccccc1C(CN)NCC(C)C. The molecule has 0 heterocycles. The summed E-state index contributed by atoms with van der Waals surface area (Å²) in [4.78, 5) is 0. The van der Waals surface area contributed by atoms with Crippen LogP contribution in [0.2, 0.25) is 0 Å². The summed E-state index contributed by atoms with van der Waals surface area (Å²) in [5.74, 6) is 0.624. The van der Waals surface area contributed by atoms with E-state index in [2.05, 4.69) is 31.3 Å². The molecule has 3 N–H and O–H groups in total. The molecule has 96 valence electrons.